The van der Waals surface area contributed by atoms with Crippen LogP contribution in [0.25, 0.3) is 0 Å². The van der Waals surface area contributed by atoms with Gasteiger partial charge in [0.05, 0.1) is 0 Å². The zero-order chi connectivity index (χ0) is 8.55. The summed E-state index contributed by atoms with van der Waals surface area (Å²) in [7, 11) is 0. The Morgan fingerprint density at radius 1 is 1.33 bits per heavy atom. The maximum atomic E-state index is 11.5. The van der Waals surface area contributed by atoms with E-state index in [1.54, 1.807) is 0 Å². The molecule has 2 heterocycles. The normalized spacial score (nSPS) is 39.9. The summed E-state index contributed by atoms with van der Waals surface area (Å²) in [5, 5.41) is 3.55. The van der Waals surface area contributed by atoms with Gasteiger partial charge >= 0.3 is 0 Å². The lowest BCUT2D eigenvalue weighted by Crippen LogP contribution is -2.40. The molecule has 2 heteroatoms. The first kappa shape index (κ1) is 8.24. The zero-order valence-corrected chi connectivity index (χ0v) is 7.68. The van der Waals surface area contributed by atoms with E-state index < -0.39 is 0 Å². The third kappa shape index (κ3) is 1.40. The number of carbonyl (C=O) groups excluding carboxylic acids is 1. The van der Waals surface area contributed by atoms with Crippen LogP contribution in [0.1, 0.15) is 39.0 Å². The van der Waals surface area contributed by atoms with E-state index in [0.717, 1.165) is 19.3 Å². The summed E-state index contributed by atoms with van der Waals surface area (Å²) in [6, 6.07) is 1.31. The van der Waals surface area contributed by atoms with Crippen LogP contribution < -0.4 is 5.32 Å². The molecular weight excluding hydrogens is 150 g/mol. The van der Waals surface area contributed by atoms with E-state index >= 15 is 0 Å². The monoisotopic (exact) mass is 167 g/mol. The van der Waals surface area contributed by atoms with E-state index in [2.05, 4.69) is 5.32 Å². The quantitative estimate of drug-likeness (QED) is 0.675. The van der Waals surface area contributed by atoms with Crippen molar-refractivity contribution in [2.75, 3.05) is 0 Å². The molecule has 2 aliphatic rings. The molecule has 1 N–H and O–H groups in total. The number of rotatable bonds is 2. The summed E-state index contributed by atoms with van der Waals surface area (Å²) in [6.07, 6.45) is 5.51. The molecule has 12 heavy (non-hydrogen) atoms. The van der Waals surface area contributed by atoms with Gasteiger partial charge < -0.3 is 5.32 Å². The van der Waals surface area contributed by atoms with Gasteiger partial charge in [0.2, 0.25) is 0 Å². The van der Waals surface area contributed by atoms with Gasteiger partial charge in [0.15, 0.2) is 0 Å². The van der Waals surface area contributed by atoms with E-state index in [-0.39, 0.29) is 0 Å². The Morgan fingerprint density at radius 2 is 1.92 bits per heavy atom. The molecule has 68 valence electrons. The Kier molecular flexibility index (Phi) is 2.18. The van der Waals surface area contributed by atoms with Crippen LogP contribution in [0.15, 0.2) is 0 Å². The van der Waals surface area contributed by atoms with Crippen molar-refractivity contribution >= 4 is 5.78 Å². The van der Waals surface area contributed by atoms with E-state index in [4.69, 9.17) is 0 Å². The smallest absolute Gasteiger partial charge is 0.135 e. The number of hydrogen-bond acceptors (Lipinski definition) is 2. The second-order valence-corrected chi connectivity index (χ2v) is 4.13. The predicted octanol–water partition coefficient (Wildman–Crippen LogP) is 1.50. The highest BCUT2D eigenvalue weighted by atomic mass is 16.1. The lowest BCUT2D eigenvalue weighted by molar-refractivity contribution is -0.123. The van der Waals surface area contributed by atoms with Gasteiger partial charge in [0, 0.05) is 24.4 Å². The Labute approximate surface area is 73.7 Å². The number of ketones is 1. The molecule has 2 aliphatic heterocycles. The number of nitrogens with one attached hydrogen (secondary N) is 1. The van der Waals surface area contributed by atoms with Gasteiger partial charge in [-0.1, -0.05) is 6.92 Å². The maximum absolute atomic E-state index is 11.5. The molecule has 0 spiro atoms. The fourth-order valence-electron chi connectivity index (χ4n) is 2.61. The fourth-order valence-corrected chi connectivity index (χ4v) is 2.61. The topological polar surface area (TPSA) is 29.1 Å². The van der Waals surface area contributed by atoms with Crippen molar-refractivity contribution in [3.63, 3.8) is 0 Å². The number of piperidine rings is 1. The molecule has 0 amide bonds. The van der Waals surface area contributed by atoms with Crippen LogP contribution in [0.2, 0.25) is 0 Å². The molecule has 0 radical (unpaired) electrons. The minimum Gasteiger partial charge on any atom is -0.311 e. The predicted molar refractivity (Wildman–Crippen MR) is 48.0 cm³/mol. The second-order valence-electron chi connectivity index (χ2n) is 4.13. The average molecular weight is 167 g/mol. The summed E-state index contributed by atoms with van der Waals surface area (Å²) >= 11 is 0. The summed E-state index contributed by atoms with van der Waals surface area (Å²) in [5.41, 5.74) is 0. The van der Waals surface area contributed by atoms with Gasteiger partial charge in [-0.25, -0.2) is 0 Å². The van der Waals surface area contributed by atoms with Gasteiger partial charge in [0.1, 0.15) is 5.78 Å². The largest absolute Gasteiger partial charge is 0.311 e. The van der Waals surface area contributed by atoms with Crippen LogP contribution >= 0.6 is 0 Å². The minimum atomic E-state index is 0.383. The Bertz CT molecular complexity index is 178. The van der Waals surface area contributed by atoms with Crippen molar-refractivity contribution in [1.29, 1.82) is 0 Å². The third-order valence-corrected chi connectivity index (χ3v) is 3.28. The summed E-state index contributed by atoms with van der Waals surface area (Å²) in [5.74, 6) is 0.863. The molecule has 0 aromatic carbocycles. The van der Waals surface area contributed by atoms with E-state index in [9.17, 15) is 4.79 Å². The number of Topliss-reactive ketones (excluding diaryl/α,β-unsaturated/α-hetero) is 1. The highest BCUT2D eigenvalue weighted by Gasteiger charge is 2.35. The number of hydrogen-bond donors (Lipinski definition) is 1. The van der Waals surface area contributed by atoms with Crippen LogP contribution in [-0.2, 0) is 4.79 Å². The van der Waals surface area contributed by atoms with E-state index in [1.807, 2.05) is 6.92 Å². The summed E-state index contributed by atoms with van der Waals surface area (Å²) in [4.78, 5) is 11.5. The van der Waals surface area contributed by atoms with Gasteiger partial charge in [-0.2, -0.15) is 0 Å². The molecule has 2 fully saturated rings. The molecule has 2 unspecified atom stereocenters. The highest BCUT2D eigenvalue weighted by Crippen LogP contribution is 2.31. The van der Waals surface area contributed by atoms with Crippen LogP contribution in [-0.4, -0.2) is 17.9 Å². The van der Waals surface area contributed by atoms with Crippen molar-refractivity contribution < 1.29 is 4.79 Å². The molecule has 0 saturated carbocycles. The zero-order valence-electron chi connectivity index (χ0n) is 7.68. The van der Waals surface area contributed by atoms with Crippen molar-refractivity contribution in [3.8, 4) is 0 Å². The molecule has 0 aliphatic carbocycles. The molecule has 2 nitrogen and oxygen atoms in total. The van der Waals surface area contributed by atoms with Crippen molar-refractivity contribution in [3.05, 3.63) is 0 Å². The lowest BCUT2D eigenvalue weighted by atomic mass is 9.88. The molecule has 2 saturated heterocycles. The SMILES string of the molecule is CCC(=O)C1CC2CCC(C1)N2. The molecule has 2 atom stereocenters. The summed E-state index contributed by atoms with van der Waals surface area (Å²) in [6.45, 7) is 1.98. The minimum absolute atomic E-state index is 0.383. The Hall–Kier alpha value is -0.370. The van der Waals surface area contributed by atoms with Gasteiger partial charge in [0.25, 0.3) is 0 Å². The molecular formula is C10H17NO. The average Bonchev–Trinajstić information content (AvgIpc) is 2.44. The van der Waals surface area contributed by atoms with Crippen LogP contribution in [0.4, 0.5) is 0 Å². The van der Waals surface area contributed by atoms with Gasteiger partial charge in [-0.3, -0.25) is 4.79 Å². The summed E-state index contributed by atoms with van der Waals surface area (Å²) < 4.78 is 0. The highest BCUT2D eigenvalue weighted by molar-refractivity contribution is 5.80. The Balaban J connectivity index is 1.98. The standard InChI is InChI=1S/C10H17NO/c1-2-10(12)7-5-8-3-4-9(6-7)11-8/h7-9,11H,2-6H2,1H3. The number of fused-ring (bicyclic) bond motifs is 2. The molecule has 0 aromatic heterocycles. The van der Waals surface area contributed by atoms with Crippen LogP contribution in [0, 0.1) is 5.92 Å². The first-order valence-corrected chi connectivity index (χ1v) is 5.08. The van der Waals surface area contributed by atoms with E-state index in [0.29, 0.717) is 23.8 Å². The van der Waals surface area contributed by atoms with E-state index in [1.165, 1.54) is 12.8 Å². The third-order valence-electron chi connectivity index (χ3n) is 3.28. The van der Waals surface area contributed by atoms with Crippen molar-refractivity contribution in [2.24, 2.45) is 5.92 Å². The second kappa shape index (κ2) is 3.17. The van der Waals surface area contributed by atoms with Gasteiger partial charge in [-0.05, 0) is 25.7 Å². The van der Waals surface area contributed by atoms with Crippen LogP contribution in [0.3, 0.4) is 0 Å². The maximum Gasteiger partial charge on any atom is 0.135 e. The fraction of sp³-hybridized carbons (Fsp3) is 0.900. The van der Waals surface area contributed by atoms with Crippen LogP contribution in [0.5, 0.6) is 0 Å². The lowest BCUT2D eigenvalue weighted by Gasteiger charge is -2.27. The number of carbonyl (C=O) groups is 1. The Morgan fingerprint density at radius 3 is 2.42 bits per heavy atom. The molecule has 0 aromatic rings. The molecule has 2 rings (SSSR count). The first-order chi connectivity index (χ1) is 5.79. The molecule has 2 bridgehead atoms. The first-order valence-electron chi connectivity index (χ1n) is 5.08. The van der Waals surface area contributed by atoms with Crippen molar-refractivity contribution in [1.82, 2.24) is 5.32 Å². The van der Waals surface area contributed by atoms with Gasteiger partial charge in [-0.15, -0.1) is 0 Å². The van der Waals surface area contributed by atoms with Crippen molar-refractivity contribution in [2.45, 2.75) is 51.1 Å².